The summed E-state index contributed by atoms with van der Waals surface area (Å²) in [7, 11) is 0. The van der Waals surface area contributed by atoms with Gasteiger partial charge in [0, 0.05) is 60.6 Å². The van der Waals surface area contributed by atoms with Crippen molar-refractivity contribution in [3.8, 4) is 11.1 Å². The number of ether oxygens (including phenoxy) is 8. The van der Waals surface area contributed by atoms with Crippen LogP contribution in [0, 0.1) is 27.7 Å². The molecule has 390 valence electrons. The second-order valence-corrected chi connectivity index (χ2v) is 20.7. The summed E-state index contributed by atoms with van der Waals surface area (Å²) in [6, 6.07) is 44.6. The Labute approximate surface area is 439 Å². The van der Waals surface area contributed by atoms with Gasteiger partial charge in [-0.15, -0.1) is 0 Å². The summed E-state index contributed by atoms with van der Waals surface area (Å²) in [6.45, 7) is 13.9. The zero-order valence-electron chi connectivity index (χ0n) is 44.2. The molecule has 4 unspecified atom stereocenters. The third-order valence-electron chi connectivity index (χ3n) is 15.0. The first-order chi connectivity index (χ1) is 36.3. The zero-order chi connectivity index (χ0) is 50.6. The highest BCUT2D eigenvalue weighted by Gasteiger charge is 2.23. The average molecular weight is 1000 g/mol. The highest BCUT2D eigenvalue weighted by atomic mass is 16.7. The van der Waals surface area contributed by atoms with Gasteiger partial charge in [-0.3, -0.25) is 0 Å². The molecule has 6 aromatic carbocycles. The first-order valence-corrected chi connectivity index (χ1v) is 27.4. The van der Waals surface area contributed by atoms with E-state index in [0.29, 0.717) is 26.4 Å². The van der Waals surface area contributed by atoms with E-state index < -0.39 is 0 Å². The Bertz CT molecular complexity index is 2550. The summed E-state index contributed by atoms with van der Waals surface area (Å²) in [5, 5.41) is 0. The normalized spacial score (nSPS) is 20.3. The minimum Gasteiger partial charge on any atom is -0.353 e. The quantitative estimate of drug-likeness (QED) is 0.0783. The standard InChI is InChI=1S/C64H76N2O8/c1-45-39-57(29-21-53(45)43-73-63-15-7-11-35-69-63)65(55-25-17-49(18-26-55)41-71-61-13-5-9-33-67-61)59-31-23-51(37-47(59)3)52-24-32-60(48(4)38-52)66(56-27-19-50(20-28-56)42-72-62-14-6-10-34-68-62)58-30-22-54(46(2)40-58)44-74-64-16-8-12-36-70-64/h17-32,37-40,61-64H,5-16,33-36,41-44H2,1-4H3. The van der Waals surface area contributed by atoms with Gasteiger partial charge < -0.3 is 47.7 Å². The monoisotopic (exact) mass is 1000 g/mol. The van der Waals surface area contributed by atoms with Crippen molar-refractivity contribution in [1.82, 2.24) is 0 Å². The van der Waals surface area contributed by atoms with Crippen molar-refractivity contribution in [3.63, 3.8) is 0 Å². The van der Waals surface area contributed by atoms with E-state index in [-0.39, 0.29) is 25.2 Å². The summed E-state index contributed by atoms with van der Waals surface area (Å²) in [6.07, 6.45) is 12.2. The smallest absolute Gasteiger partial charge is 0.158 e. The molecule has 0 spiro atoms. The van der Waals surface area contributed by atoms with Gasteiger partial charge in [-0.2, -0.15) is 0 Å². The molecule has 4 fully saturated rings. The molecule has 4 heterocycles. The van der Waals surface area contributed by atoms with Gasteiger partial charge in [0.25, 0.3) is 0 Å². The van der Waals surface area contributed by atoms with Crippen LogP contribution in [0.4, 0.5) is 34.1 Å². The molecule has 0 N–H and O–H groups in total. The summed E-state index contributed by atoms with van der Waals surface area (Å²) >= 11 is 0. The Morgan fingerprint density at radius 1 is 0.351 bits per heavy atom. The molecule has 4 saturated heterocycles. The van der Waals surface area contributed by atoms with Gasteiger partial charge in [0.1, 0.15) is 0 Å². The number of anilines is 6. The Hall–Kier alpha value is -5.40. The fourth-order valence-corrected chi connectivity index (χ4v) is 10.6. The Morgan fingerprint density at radius 2 is 0.689 bits per heavy atom. The summed E-state index contributed by atoms with van der Waals surface area (Å²) in [5.74, 6) is 0. The number of aryl methyl sites for hydroxylation is 4. The summed E-state index contributed by atoms with van der Waals surface area (Å²) < 4.78 is 48.3. The van der Waals surface area contributed by atoms with Crippen molar-refractivity contribution in [1.29, 1.82) is 0 Å². The van der Waals surface area contributed by atoms with Crippen LogP contribution in [0.15, 0.2) is 121 Å². The molecule has 0 saturated carbocycles. The van der Waals surface area contributed by atoms with Crippen LogP contribution in [0.25, 0.3) is 11.1 Å². The molecule has 6 aromatic rings. The van der Waals surface area contributed by atoms with E-state index in [1.165, 1.54) is 33.4 Å². The highest BCUT2D eigenvalue weighted by molar-refractivity contribution is 5.83. The molecular formula is C64H76N2O8. The molecule has 10 rings (SSSR count). The van der Waals surface area contributed by atoms with E-state index in [9.17, 15) is 0 Å². The lowest BCUT2D eigenvalue weighted by Crippen LogP contribution is -2.22. The van der Waals surface area contributed by atoms with Crippen LogP contribution in [0.2, 0.25) is 0 Å². The lowest BCUT2D eigenvalue weighted by atomic mass is 9.98. The van der Waals surface area contributed by atoms with Gasteiger partial charge in [0.05, 0.1) is 26.4 Å². The molecule has 4 atom stereocenters. The second kappa shape index (κ2) is 25.4. The van der Waals surface area contributed by atoms with Crippen molar-refractivity contribution >= 4 is 34.1 Å². The lowest BCUT2D eigenvalue weighted by molar-refractivity contribution is -0.169. The molecule has 0 aliphatic carbocycles. The number of rotatable bonds is 19. The topological polar surface area (TPSA) is 80.3 Å². The van der Waals surface area contributed by atoms with Crippen molar-refractivity contribution < 1.29 is 37.9 Å². The molecule has 74 heavy (non-hydrogen) atoms. The zero-order valence-corrected chi connectivity index (χ0v) is 44.2. The molecule has 10 nitrogen and oxygen atoms in total. The highest BCUT2D eigenvalue weighted by Crippen LogP contribution is 2.42. The van der Waals surface area contributed by atoms with Crippen LogP contribution < -0.4 is 9.80 Å². The number of hydrogen-bond donors (Lipinski definition) is 0. The molecule has 0 bridgehead atoms. The predicted octanol–water partition coefficient (Wildman–Crippen LogP) is 15.7. The van der Waals surface area contributed by atoms with E-state index in [4.69, 9.17) is 37.9 Å². The van der Waals surface area contributed by atoms with E-state index in [0.717, 1.165) is 160 Å². The number of benzene rings is 6. The van der Waals surface area contributed by atoms with Crippen LogP contribution in [-0.2, 0) is 64.3 Å². The third kappa shape index (κ3) is 13.3. The van der Waals surface area contributed by atoms with Crippen LogP contribution in [0.1, 0.15) is 122 Å². The Balaban J connectivity index is 0.922. The van der Waals surface area contributed by atoms with Gasteiger partial charge in [0.2, 0.25) is 0 Å². The largest absolute Gasteiger partial charge is 0.353 e. The van der Waals surface area contributed by atoms with Crippen LogP contribution in [-0.4, -0.2) is 51.6 Å². The first-order valence-electron chi connectivity index (χ1n) is 27.4. The van der Waals surface area contributed by atoms with Crippen LogP contribution in [0.3, 0.4) is 0 Å². The number of hydrogen-bond acceptors (Lipinski definition) is 10. The minimum atomic E-state index is -0.133. The van der Waals surface area contributed by atoms with E-state index in [2.05, 4.69) is 159 Å². The number of nitrogens with zero attached hydrogens (tertiary/aromatic N) is 2. The van der Waals surface area contributed by atoms with Crippen molar-refractivity contribution in [2.24, 2.45) is 0 Å². The third-order valence-corrected chi connectivity index (χ3v) is 15.0. The van der Waals surface area contributed by atoms with Gasteiger partial charge >= 0.3 is 0 Å². The first kappa shape index (κ1) is 52.1. The SMILES string of the molecule is Cc1cc(N(c2ccc(COC3CCCCO3)cc2)c2ccc(-c3ccc(N(c4ccc(COC5CCCCO5)cc4)c4ccc(COC5CCCCO5)c(C)c4)c(C)c3)cc2C)ccc1COC1CCCCO1. The second-order valence-electron chi connectivity index (χ2n) is 20.7. The fourth-order valence-electron chi connectivity index (χ4n) is 10.6. The Kier molecular flexibility index (Phi) is 17.9. The Morgan fingerprint density at radius 3 is 1.00 bits per heavy atom. The van der Waals surface area contributed by atoms with Crippen molar-refractivity contribution in [2.45, 2.75) is 156 Å². The predicted molar refractivity (Wildman–Crippen MR) is 294 cm³/mol. The molecule has 4 aliphatic rings. The minimum absolute atomic E-state index is 0.130. The lowest BCUT2D eigenvalue weighted by Gasteiger charge is -2.29. The fraction of sp³-hybridized carbons (Fsp3) is 0.438. The molecule has 10 heteroatoms. The molecule has 0 radical (unpaired) electrons. The van der Waals surface area contributed by atoms with E-state index in [1.54, 1.807) is 0 Å². The average Bonchev–Trinajstić information content (AvgIpc) is 3.44. The summed E-state index contributed by atoms with van der Waals surface area (Å²) in [5.41, 5.74) is 18.1. The van der Waals surface area contributed by atoms with Gasteiger partial charge in [0.15, 0.2) is 25.2 Å². The molecule has 0 amide bonds. The van der Waals surface area contributed by atoms with Crippen molar-refractivity contribution in [3.05, 3.63) is 166 Å². The maximum atomic E-state index is 6.24. The van der Waals surface area contributed by atoms with Gasteiger partial charge in [-0.05, 0) is 233 Å². The van der Waals surface area contributed by atoms with Gasteiger partial charge in [-0.1, -0.05) is 48.5 Å². The van der Waals surface area contributed by atoms with E-state index >= 15 is 0 Å². The summed E-state index contributed by atoms with van der Waals surface area (Å²) in [4.78, 5) is 4.74. The maximum Gasteiger partial charge on any atom is 0.158 e. The maximum absolute atomic E-state index is 6.24. The molecule has 4 aliphatic heterocycles. The van der Waals surface area contributed by atoms with Gasteiger partial charge in [-0.25, -0.2) is 0 Å². The van der Waals surface area contributed by atoms with Crippen LogP contribution >= 0.6 is 0 Å². The van der Waals surface area contributed by atoms with Crippen LogP contribution in [0.5, 0.6) is 0 Å². The molecular weight excluding hydrogens is 925 g/mol. The molecule has 0 aromatic heterocycles. The van der Waals surface area contributed by atoms with Crippen molar-refractivity contribution in [2.75, 3.05) is 36.2 Å². The van der Waals surface area contributed by atoms with E-state index in [1.807, 2.05) is 0 Å².